The summed E-state index contributed by atoms with van der Waals surface area (Å²) in [5.41, 5.74) is 1.23. The standard InChI is InChI=1S/C14H12F2N2/c15-10-6-12(16)14(17-8-10)18-13-7-11(13)9-4-2-1-3-5-9/h1-6,8,11,13H,7H2,(H,17,18). The van der Waals surface area contributed by atoms with Gasteiger partial charge in [0.1, 0.15) is 5.82 Å². The number of hydrogen-bond donors (Lipinski definition) is 1. The van der Waals surface area contributed by atoms with Crippen molar-refractivity contribution in [3.05, 3.63) is 59.8 Å². The minimum absolute atomic E-state index is 0.125. The van der Waals surface area contributed by atoms with Gasteiger partial charge in [0.15, 0.2) is 11.6 Å². The molecule has 0 saturated heterocycles. The fourth-order valence-corrected chi connectivity index (χ4v) is 2.12. The summed E-state index contributed by atoms with van der Waals surface area (Å²) in [6, 6.07) is 11.1. The van der Waals surface area contributed by atoms with Crippen LogP contribution in [0.2, 0.25) is 0 Å². The lowest BCUT2D eigenvalue weighted by atomic mass is 10.1. The average Bonchev–Trinajstić information content (AvgIpc) is 3.13. The van der Waals surface area contributed by atoms with Gasteiger partial charge in [-0.25, -0.2) is 13.8 Å². The molecule has 1 N–H and O–H groups in total. The van der Waals surface area contributed by atoms with E-state index in [1.807, 2.05) is 18.2 Å². The topological polar surface area (TPSA) is 24.9 Å². The van der Waals surface area contributed by atoms with E-state index in [9.17, 15) is 8.78 Å². The summed E-state index contributed by atoms with van der Waals surface area (Å²) in [6.45, 7) is 0. The van der Waals surface area contributed by atoms with Crippen molar-refractivity contribution >= 4 is 5.82 Å². The van der Waals surface area contributed by atoms with Crippen LogP contribution in [0.5, 0.6) is 0 Å². The maximum atomic E-state index is 13.4. The maximum Gasteiger partial charge on any atom is 0.168 e. The fourth-order valence-electron chi connectivity index (χ4n) is 2.12. The van der Waals surface area contributed by atoms with Crippen molar-refractivity contribution in [2.75, 3.05) is 5.32 Å². The number of pyridine rings is 1. The van der Waals surface area contributed by atoms with Gasteiger partial charge in [0.2, 0.25) is 0 Å². The van der Waals surface area contributed by atoms with E-state index in [1.165, 1.54) is 5.56 Å². The molecule has 18 heavy (non-hydrogen) atoms. The molecule has 1 aliphatic rings. The molecule has 1 aliphatic carbocycles. The highest BCUT2D eigenvalue weighted by Gasteiger charge is 2.38. The first-order valence-electron chi connectivity index (χ1n) is 5.86. The van der Waals surface area contributed by atoms with E-state index in [4.69, 9.17) is 0 Å². The Kier molecular flexibility index (Phi) is 2.70. The van der Waals surface area contributed by atoms with Crippen LogP contribution in [-0.4, -0.2) is 11.0 Å². The van der Waals surface area contributed by atoms with E-state index < -0.39 is 11.6 Å². The predicted octanol–water partition coefficient (Wildman–Crippen LogP) is 3.33. The van der Waals surface area contributed by atoms with Crippen LogP contribution in [-0.2, 0) is 0 Å². The van der Waals surface area contributed by atoms with Gasteiger partial charge in [-0.2, -0.15) is 0 Å². The normalized spacial score (nSPS) is 21.7. The summed E-state index contributed by atoms with van der Waals surface area (Å²) in [5.74, 6) is -0.792. The van der Waals surface area contributed by atoms with Crippen molar-refractivity contribution in [2.24, 2.45) is 0 Å². The van der Waals surface area contributed by atoms with Gasteiger partial charge in [-0.05, 0) is 12.0 Å². The second-order valence-corrected chi connectivity index (χ2v) is 4.49. The molecule has 1 saturated carbocycles. The molecule has 0 aliphatic heterocycles. The third-order valence-electron chi connectivity index (χ3n) is 3.15. The highest BCUT2D eigenvalue weighted by molar-refractivity contribution is 5.42. The Hall–Kier alpha value is -1.97. The Morgan fingerprint density at radius 2 is 1.94 bits per heavy atom. The Bertz CT molecular complexity index is 557. The number of rotatable bonds is 3. The molecule has 2 atom stereocenters. The van der Waals surface area contributed by atoms with E-state index >= 15 is 0 Å². The number of benzene rings is 1. The maximum absolute atomic E-state index is 13.4. The van der Waals surface area contributed by atoms with E-state index in [2.05, 4.69) is 22.4 Å². The molecular weight excluding hydrogens is 234 g/mol. The zero-order valence-electron chi connectivity index (χ0n) is 9.61. The second kappa shape index (κ2) is 4.37. The predicted molar refractivity (Wildman–Crippen MR) is 65.4 cm³/mol. The fraction of sp³-hybridized carbons (Fsp3) is 0.214. The van der Waals surface area contributed by atoms with Crippen molar-refractivity contribution < 1.29 is 8.78 Å². The molecule has 0 amide bonds. The quantitative estimate of drug-likeness (QED) is 0.898. The van der Waals surface area contributed by atoms with E-state index in [1.54, 1.807) is 0 Å². The van der Waals surface area contributed by atoms with E-state index in [0.717, 1.165) is 18.7 Å². The molecule has 0 radical (unpaired) electrons. The molecule has 1 aromatic heterocycles. The summed E-state index contributed by atoms with van der Waals surface area (Å²) < 4.78 is 26.1. The van der Waals surface area contributed by atoms with Gasteiger partial charge in [0.05, 0.1) is 6.20 Å². The number of aromatic nitrogens is 1. The van der Waals surface area contributed by atoms with Crippen molar-refractivity contribution in [3.8, 4) is 0 Å². The zero-order valence-corrected chi connectivity index (χ0v) is 9.61. The van der Waals surface area contributed by atoms with Crippen LogP contribution >= 0.6 is 0 Å². The minimum Gasteiger partial charge on any atom is -0.364 e. The first-order valence-corrected chi connectivity index (χ1v) is 5.86. The van der Waals surface area contributed by atoms with Gasteiger partial charge in [-0.15, -0.1) is 0 Å². The third kappa shape index (κ3) is 2.18. The van der Waals surface area contributed by atoms with Gasteiger partial charge in [0.25, 0.3) is 0 Å². The molecular formula is C14H12F2N2. The average molecular weight is 246 g/mol. The lowest BCUT2D eigenvalue weighted by Gasteiger charge is -2.06. The van der Waals surface area contributed by atoms with Crippen molar-refractivity contribution in [1.29, 1.82) is 0 Å². The van der Waals surface area contributed by atoms with Crippen LogP contribution in [0, 0.1) is 11.6 Å². The molecule has 92 valence electrons. The third-order valence-corrected chi connectivity index (χ3v) is 3.15. The van der Waals surface area contributed by atoms with Crippen LogP contribution in [0.15, 0.2) is 42.6 Å². The van der Waals surface area contributed by atoms with E-state index in [-0.39, 0.29) is 11.9 Å². The number of anilines is 1. The van der Waals surface area contributed by atoms with Crippen LogP contribution < -0.4 is 5.32 Å². The molecule has 2 nitrogen and oxygen atoms in total. The smallest absolute Gasteiger partial charge is 0.168 e. The lowest BCUT2D eigenvalue weighted by Crippen LogP contribution is -2.08. The molecule has 1 aromatic carbocycles. The molecule has 3 rings (SSSR count). The van der Waals surface area contributed by atoms with Crippen LogP contribution in [0.1, 0.15) is 17.9 Å². The summed E-state index contributed by atoms with van der Waals surface area (Å²) in [6.07, 6.45) is 1.97. The highest BCUT2D eigenvalue weighted by atomic mass is 19.1. The summed E-state index contributed by atoms with van der Waals surface area (Å²) in [5, 5.41) is 3.01. The molecule has 1 fully saturated rings. The Morgan fingerprint density at radius 3 is 2.67 bits per heavy atom. The molecule has 2 aromatic rings. The Balaban J connectivity index is 1.69. The van der Waals surface area contributed by atoms with Crippen LogP contribution in [0.4, 0.5) is 14.6 Å². The van der Waals surface area contributed by atoms with Crippen LogP contribution in [0.25, 0.3) is 0 Å². The van der Waals surface area contributed by atoms with Crippen molar-refractivity contribution in [3.63, 3.8) is 0 Å². The Morgan fingerprint density at radius 1 is 1.17 bits per heavy atom. The lowest BCUT2D eigenvalue weighted by molar-refractivity contribution is 0.575. The van der Waals surface area contributed by atoms with Crippen molar-refractivity contribution in [2.45, 2.75) is 18.4 Å². The largest absolute Gasteiger partial charge is 0.364 e. The highest BCUT2D eigenvalue weighted by Crippen LogP contribution is 2.42. The van der Waals surface area contributed by atoms with Gasteiger partial charge in [0, 0.05) is 18.0 Å². The van der Waals surface area contributed by atoms with Crippen molar-refractivity contribution in [1.82, 2.24) is 4.98 Å². The van der Waals surface area contributed by atoms with Gasteiger partial charge >= 0.3 is 0 Å². The summed E-state index contributed by atoms with van der Waals surface area (Å²) >= 11 is 0. The molecule has 0 bridgehead atoms. The Labute approximate surface area is 104 Å². The summed E-state index contributed by atoms with van der Waals surface area (Å²) in [4.78, 5) is 3.72. The first-order chi connectivity index (χ1) is 8.74. The van der Waals surface area contributed by atoms with E-state index in [0.29, 0.717) is 5.92 Å². The van der Waals surface area contributed by atoms with Gasteiger partial charge < -0.3 is 5.32 Å². The number of nitrogens with zero attached hydrogens (tertiary/aromatic N) is 1. The molecule has 1 heterocycles. The monoisotopic (exact) mass is 246 g/mol. The minimum atomic E-state index is -0.659. The van der Waals surface area contributed by atoms with Crippen LogP contribution in [0.3, 0.4) is 0 Å². The molecule has 4 heteroatoms. The molecule has 2 unspecified atom stereocenters. The number of nitrogens with one attached hydrogen (secondary N) is 1. The molecule has 0 spiro atoms. The SMILES string of the molecule is Fc1cnc(NC2CC2c2ccccc2)c(F)c1. The summed E-state index contributed by atoms with van der Waals surface area (Å²) in [7, 11) is 0. The zero-order chi connectivity index (χ0) is 12.5. The van der Waals surface area contributed by atoms with Gasteiger partial charge in [-0.1, -0.05) is 30.3 Å². The number of halogens is 2. The second-order valence-electron chi connectivity index (χ2n) is 4.49. The number of hydrogen-bond acceptors (Lipinski definition) is 2. The van der Waals surface area contributed by atoms with Gasteiger partial charge in [-0.3, -0.25) is 0 Å². The first kappa shape index (κ1) is 11.1.